The van der Waals surface area contributed by atoms with Crippen molar-refractivity contribution in [3.05, 3.63) is 23.4 Å². The molecule has 0 saturated heterocycles. The average Bonchev–Trinajstić information content (AvgIpc) is 1.85. The molecule has 0 fully saturated rings. The van der Waals surface area contributed by atoms with Gasteiger partial charge in [-0.15, -0.1) is 0 Å². The zero-order chi connectivity index (χ0) is 9.94. The smallest absolute Gasteiger partial charge is 0.0334 e. The Labute approximate surface area is 76.3 Å². The molecule has 0 aliphatic carbocycles. The molecular weight excluding hydrogens is 146 g/mol. The normalized spacial score (nSPS) is 14.1. The number of allylic oxidation sites excluding steroid dienone is 2. The zero-order valence-corrected chi connectivity index (χ0v) is 8.99. The molecular formula is C11H21N. The Morgan fingerprint density at radius 3 is 1.83 bits per heavy atom. The average molecular weight is 167 g/mol. The van der Waals surface area contributed by atoms with Gasteiger partial charge in [0.1, 0.15) is 0 Å². The SMILES string of the molecule is C=C(C)/C(N)=C(\CC)C(C)(C)C. The van der Waals surface area contributed by atoms with Crippen molar-refractivity contribution >= 4 is 0 Å². The number of nitrogens with two attached hydrogens (primary N) is 1. The third-order valence-electron chi connectivity index (χ3n) is 2.04. The third kappa shape index (κ3) is 2.72. The van der Waals surface area contributed by atoms with Gasteiger partial charge in [0.15, 0.2) is 0 Å². The molecule has 0 rings (SSSR count). The summed E-state index contributed by atoms with van der Waals surface area (Å²) in [5, 5.41) is 0. The minimum absolute atomic E-state index is 0.164. The minimum atomic E-state index is 0.164. The molecule has 1 nitrogen and oxygen atoms in total. The molecule has 0 heterocycles. The summed E-state index contributed by atoms with van der Waals surface area (Å²) in [4.78, 5) is 0. The first-order valence-electron chi connectivity index (χ1n) is 4.45. The van der Waals surface area contributed by atoms with Crippen molar-refractivity contribution in [1.29, 1.82) is 0 Å². The summed E-state index contributed by atoms with van der Waals surface area (Å²) >= 11 is 0. The van der Waals surface area contributed by atoms with Crippen LogP contribution in [0.15, 0.2) is 23.4 Å². The summed E-state index contributed by atoms with van der Waals surface area (Å²) in [6, 6.07) is 0. The van der Waals surface area contributed by atoms with Gasteiger partial charge in [-0.05, 0) is 29.9 Å². The highest BCUT2D eigenvalue weighted by molar-refractivity contribution is 5.31. The van der Waals surface area contributed by atoms with E-state index in [1.54, 1.807) is 0 Å². The van der Waals surface area contributed by atoms with Crippen LogP contribution in [0.2, 0.25) is 0 Å². The van der Waals surface area contributed by atoms with Crippen LogP contribution in [-0.4, -0.2) is 0 Å². The van der Waals surface area contributed by atoms with Crippen LogP contribution in [0, 0.1) is 5.41 Å². The highest BCUT2D eigenvalue weighted by Crippen LogP contribution is 2.30. The van der Waals surface area contributed by atoms with Gasteiger partial charge in [-0.1, -0.05) is 34.3 Å². The molecule has 0 aromatic carbocycles. The van der Waals surface area contributed by atoms with Crippen LogP contribution in [0.25, 0.3) is 0 Å². The van der Waals surface area contributed by atoms with E-state index in [-0.39, 0.29) is 5.41 Å². The second-order valence-electron chi connectivity index (χ2n) is 4.28. The predicted molar refractivity (Wildman–Crippen MR) is 55.8 cm³/mol. The highest BCUT2D eigenvalue weighted by Gasteiger charge is 2.18. The fraction of sp³-hybridized carbons (Fsp3) is 0.636. The lowest BCUT2D eigenvalue weighted by atomic mass is 9.82. The first kappa shape index (κ1) is 11.3. The zero-order valence-electron chi connectivity index (χ0n) is 8.99. The van der Waals surface area contributed by atoms with Gasteiger partial charge in [-0.25, -0.2) is 0 Å². The van der Waals surface area contributed by atoms with Crippen molar-refractivity contribution in [3.63, 3.8) is 0 Å². The number of hydrogen-bond acceptors (Lipinski definition) is 1. The van der Waals surface area contributed by atoms with Crippen molar-refractivity contribution in [2.75, 3.05) is 0 Å². The molecule has 0 unspecified atom stereocenters. The predicted octanol–water partition coefficient (Wildman–Crippen LogP) is 3.23. The second kappa shape index (κ2) is 3.79. The maximum Gasteiger partial charge on any atom is 0.0334 e. The van der Waals surface area contributed by atoms with E-state index in [1.165, 1.54) is 5.57 Å². The molecule has 2 N–H and O–H groups in total. The van der Waals surface area contributed by atoms with Crippen molar-refractivity contribution in [1.82, 2.24) is 0 Å². The Hall–Kier alpha value is -0.720. The molecule has 12 heavy (non-hydrogen) atoms. The summed E-state index contributed by atoms with van der Waals surface area (Å²) in [5.74, 6) is 0. The monoisotopic (exact) mass is 167 g/mol. The highest BCUT2D eigenvalue weighted by atomic mass is 14.6. The van der Waals surface area contributed by atoms with Crippen molar-refractivity contribution < 1.29 is 0 Å². The Morgan fingerprint density at radius 1 is 1.33 bits per heavy atom. The van der Waals surface area contributed by atoms with Crippen LogP contribution in [0.5, 0.6) is 0 Å². The number of rotatable bonds is 2. The lowest BCUT2D eigenvalue weighted by molar-refractivity contribution is 0.482. The van der Waals surface area contributed by atoms with Gasteiger partial charge in [-0.3, -0.25) is 0 Å². The summed E-state index contributed by atoms with van der Waals surface area (Å²) < 4.78 is 0. The molecule has 70 valence electrons. The van der Waals surface area contributed by atoms with Crippen LogP contribution in [-0.2, 0) is 0 Å². The summed E-state index contributed by atoms with van der Waals surface area (Å²) in [6.07, 6.45) is 1.00. The first-order valence-corrected chi connectivity index (χ1v) is 4.45. The van der Waals surface area contributed by atoms with Gasteiger partial charge in [0.2, 0.25) is 0 Å². The van der Waals surface area contributed by atoms with Crippen LogP contribution < -0.4 is 5.73 Å². The molecule has 0 aromatic heterocycles. The fourth-order valence-electron chi connectivity index (χ4n) is 1.38. The second-order valence-corrected chi connectivity index (χ2v) is 4.28. The molecule has 0 aliphatic rings. The van der Waals surface area contributed by atoms with Crippen LogP contribution in [0.4, 0.5) is 0 Å². The molecule has 1 heteroatoms. The van der Waals surface area contributed by atoms with Crippen molar-refractivity contribution in [3.8, 4) is 0 Å². The third-order valence-corrected chi connectivity index (χ3v) is 2.04. The van der Waals surface area contributed by atoms with E-state index in [9.17, 15) is 0 Å². The van der Waals surface area contributed by atoms with Gasteiger partial charge < -0.3 is 5.73 Å². The minimum Gasteiger partial charge on any atom is -0.399 e. The summed E-state index contributed by atoms with van der Waals surface area (Å²) in [6.45, 7) is 14.5. The lowest BCUT2D eigenvalue weighted by Crippen LogP contribution is -2.15. The van der Waals surface area contributed by atoms with Crippen LogP contribution in [0.1, 0.15) is 41.0 Å². The van der Waals surface area contributed by atoms with E-state index in [0.717, 1.165) is 17.7 Å². The van der Waals surface area contributed by atoms with Gasteiger partial charge in [0, 0.05) is 5.70 Å². The van der Waals surface area contributed by atoms with E-state index < -0.39 is 0 Å². The van der Waals surface area contributed by atoms with Gasteiger partial charge in [0.05, 0.1) is 0 Å². The Morgan fingerprint density at radius 2 is 1.75 bits per heavy atom. The van der Waals surface area contributed by atoms with E-state index in [1.807, 2.05) is 6.92 Å². The van der Waals surface area contributed by atoms with Crippen molar-refractivity contribution in [2.24, 2.45) is 11.1 Å². The molecule has 0 saturated carbocycles. The van der Waals surface area contributed by atoms with E-state index in [0.29, 0.717) is 0 Å². The van der Waals surface area contributed by atoms with Gasteiger partial charge >= 0.3 is 0 Å². The van der Waals surface area contributed by atoms with Crippen LogP contribution in [0.3, 0.4) is 0 Å². The molecule has 0 radical (unpaired) electrons. The molecule has 0 bridgehead atoms. The van der Waals surface area contributed by atoms with E-state index in [2.05, 4.69) is 34.3 Å². The molecule has 0 aromatic rings. The van der Waals surface area contributed by atoms with E-state index in [4.69, 9.17) is 5.73 Å². The Kier molecular flexibility index (Phi) is 3.56. The van der Waals surface area contributed by atoms with Crippen LogP contribution >= 0.6 is 0 Å². The Balaban J connectivity index is 5.01. The number of hydrogen-bond donors (Lipinski definition) is 1. The summed E-state index contributed by atoms with van der Waals surface area (Å²) in [7, 11) is 0. The standard InChI is InChI=1S/C11H21N/c1-7-9(11(4,5)6)10(12)8(2)3/h2,7,12H2,1,3-6H3/b10-9-. The van der Waals surface area contributed by atoms with E-state index >= 15 is 0 Å². The summed E-state index contributed by atoms with van der Waals surface area (Å²) in [5.41, 5.74) is 9.26. The molecule has 0 atom stereocenters. The lowest BCUT2D eigenvalue weighted by Gasteiger charge is -2.24. The first-order chi connectivity index (χ1) is 5.30. The topological polar surface area (TPSA) is 26.0 Å². The quantitative estimate of drug-likeness (QED) is 0.628. The van der Waals surface area contributed by atoms with Crippen molar-refractivity contribution in [2.45, 2.75) is 41.0 Å². The maximum absolute atomic E-state index is 5.94. The molecule has 0 aliphatic heterocycles. The largest absolute Gasteiger partial charge is 0.399 e. The maximum atomic E-state index is 5.94. The van der Waals surface area contributed by atoms with Gasteiger partial charge in [-0.2, -0.15) is 0 Å². The fourth-order valence-corrected chi connectivity index (χ4v) is 1.38. The molecule has 0 amide bonds. The molecule has 0 spiro atoms. The van der Waals surface area contributed by atoms with Gasteiger partial charge in [0.25, 0.3) is 0 Å². The Bertz CT molecular complexity index is 204.